The van der Waals surface area contributed by atoms with E-state index in [0.29, 0.717) is 18.3 Å². The molecule has 0 amide bonds. The van der Waals surface area contributed by atoms with Crippen LogP contribution in [0.15, 0.2) is 72.8 Å². The highest BCUT2D eigenvalue weighted by molar-refractivity contribution is 5.47. The Morgan fingerprint density at radius 3 is 0.857 bits per heavy atom. The smallest absolute Gasteiger partial charge is 0.197 e. The normalized spacial score (nSPS) is 20.6. The van der Waals surface area contributed by atoms with Gasteiger partial charge < -0.3 is 28.4 Å². The molecule has 3 fully saturated rings. The summed E-state index contributed by atoms with van der Waals surface area (Å²) in [5, 5.41) is 0. The van der Waals surface area contributed by atoms with E-state index in [4.69, 9.17) is 28.4 Å². The fraction of sp³-hybridized carbons (Fsp3) is 0.581. The zero-order chi connectivity index (χ0) is 33.8. The first-order chi connectivity index (χ1) is 24.0. The Hall–Kier alpha value is -3.06. The SMILES string of the molecule is CC(Oc1ccc(C(c2ccc(OC(C)OC3CCCCC3)cc2)c2ccc(OC(C)OC3CCCCC3)cc2)cc1)OC1CCCCC1. The second-order valence-electron chi connectivity index (χ2n) is 14.4. The second-order valence-corrected chi connectivity index (χ2v) is 14.4. The molecule has 0 aromatic heterocycles. The van der Waals surface area contributed by atoms with Gasteiger partial charge in [0, 0.05) is 5.92 Å². The van der Waals surface area contributed by atoms with E-state index in [0.717, 1.165) is 55.8 Å². The fourth-order valence-corrected chi connectivity index (χ4v) is 7.87. The van der Waals surface area contributed by atoms with Crippen LogP contribution in [-0.4, -0.2) is 37.2 Å². The van der Waals surface area contributed by atoms with Gasteiger partial charge in [0.1, 0.15) is 17.2 Å². The van der Waals surface area contributed by atoms with E-state index in [1.165, 1.54) is 74.5 Å². The van der Waals surface area contributed by atoms with E-state index in [1.807, 2.05) is 20.8 Å². The number of rotatable bonds is 15. The quantitative estimate of drug-likeness (QED) is 0.118. The summed E-state index contributed by atoms with van der Waals surface area (Å²) in [5.41, 5.74) is 3.54. The minimum Gasteiger partial charge on any atom is -0.465 e. The molecule has 3 aromatic rings. The molecule has 0 spiro atoms. The zero-order valence-corrected chi connectivity index (χ0v) is 30.0. The second kappa shape index (κ2) is 18.3. The summed E-state index contributed by atoms with van der Waals surface area (Å²) >= 11 is 0. The number of ether oxygens (including phenoxy) is 6. The van der Waals surface area contributed by atoms with Crippen molar-refractivity contribution in [2.75, 3.05) is 0 Å². The maximum Gasteiger partial charge on any atom is 0.197 e. The van der Waals surface area contributed by atoms with Crippen molar-refractivity contribution in [3.63, 3.8) is 0 Å². The molecule has 3 saturated carbocycles. The predicted molar refractivity (Wildman–Crippen MR) is 194 cm³/mol. The fourth-order valence-electron chi connectivity index (χ4n) is 7.87. The summed E-state index contributed by atoms with van der Waals surface area (Å²) in [6, 6.07) is 25.4. The molecular weight excluding hydrogens is 612 g/mol. The lowest BCUT2D eigenvalue weighted by atomic mass is 9.85. The Bertz CT molecular complexity index is 1180. The molecule has 0 aliphatic heterocycles. The Labute approximate surface area is 294 Å². The van der Waals surface area contributed by atoms with Gasteiger partial charge in [0.15, 0.2) is 18.9 Å². The van der Waals surface area contributed by atoms with Crippen LogP contribution in [0.1, 0.15) is 140 Å². The summed E-state index contributed by atoms with van der Waals surface area (Å²) in [7, 11) is 0. The molecule has 0 heterocycles. The molecule has 6 nitrogen and oxygen atoms in total. The molecule has 6 heteroatoms. The Morgan fingerprint density at radius 2 is 0.612 bits per heavy atom. The van der Waals surface area contributed by atoms with E-state index in [2.05, 4.69) is 72.8 Å². The number of hydrogen-bond acceptors (Lipinski definition) is 6. The first kappa shape index (κ1) is 35.8. The average molecular weight is 671 g/mol. The predicted octanol–water partition coefficient (Wildman–Crippen LogP) is 11.1. The summed E-state index contributed by atoms with van der Waals surface area (Å²) in [4.78, 5) is 0. The van der Waals surface area contributed by atoms with E-state index in [-0.39, 0.29) is 24.8 Å². The van der Waals surface area contributed by atoms with Crippen LogP contribution >= 0.6 is 0 Å². The van der Waals surface area contributed by atoms with E-state index < -0.39 is 0 Å². The molecule has 3 aliphatic carbocycles. The van der Waals surface area contributed by atoms with Gasteiger partial charge in [-0.25, -0.2) is 0 Å². The lowest BCUT2D eigenvalue weighted by Gasteiger charge is -2.26. The standard InChI is InChI=1S/C43H58O6/c1-31(44-37-13-7-4-8-14-37)47-40-25-19-34(20-26-40)43(35-21-27-41(28-22-35)48-32(2)45-38-15-9-5-10-16-38)36-23-29-42(30-24-36)49-33(3)46-39-17-11-6-12-18-39/h19-33,37-39,43H,4-18H2,1-3H3. The van der Waals surface area contributed by atoms with Gasteiger partial charge in [-0.15, -0.1) is 0 Å². The average Bonchev–Trinajstić information content (AvgIpc) is 3.12. The van der Waals surface area contributed by atoms with Gasteiger partial charge in [0.2, 0.25) is 0 Å². The maximum atomic E-state index is 6.21. The third-order valence-corrected chi connectivity index (χ3v) is 10.4. The topological polar surface area (TPSA) is 55.4 Å². The van der Waals surface area contributed by atoms with Crippen LogP contribution in [0.5, 0.6) is 17.2 Å². The summed E-state index contributed by atoms with van der Waals surface area (Å²) in [6.45, 7) is 6.00. The highest BCUT2D eigenvalue weighted by Crippen LogP contribution is 2.35. The maximum absolute atomic E-state index is 6.21. The van der Waals surface area contributed by atoms with E-state index in [9.17, 15) is 0 Å². The number of hydrogen-bond donors (Lipinski definition) is 0. The highest BCUT2D eigenvalue weighted by Gasteiger charge is 2.22. The third kappa shape index (κ3) is 11.0. The van der Waals surface area contributed by atoms with Crippen LogP contribution in [0.3, 0.4) is 0 Å². The molecule has 3 aromatic carbocycles. The van der Waals surface area contributed by atoms with E-state index >= 15 is 0 Å². The molecule has 6 rings (SSSR count). The zero-order valence-electron chi connectivity index (χ0n) is 30.0. The van der Waals surface area contributed by atoms with Gasteiger partial charge in [-0.05, 0) is 112 Å². The van der Waals surface area contributed by atoms with Crippen LogP contribution < -0.4 is 14.2 Å². The van der Waals surface area contributed by atoms with Crippen molar-refractivity contribution < 1.29 is 28.4 Å². The van der Waals surface area contributed by atoms with E-state index in [1.54, 1.807) is 0 Å². The van der Waals surface area contributed by atoms with Crippen molar-refractivity contribution >= 4 is 0 Å². The van der Waals surface area contributed by atoms with Crippen molar-refractivity contribution in [1.82, 2.24) is 0 Å². The van der Waals surface area contributed by atoms with Gasteiger partial charge in [-0.2, -0.15) is 0 Å². The van der Waals surface area contributed by atoms with Crippen molar-refractivity contribution in [3.05, 3.63) is 89.5 Å². The van der Waals surface area contributed by atoms with Gasteiger partial charge in [-0.3, -0.25) is 0 Å². The van der Waals surface area contributed by atoms with Crippen molar-refractivity contribution in [1.29, 1.82) is 0 Å². The van der Waals surface area contributed by atoms with Gasteiger partial charge in [-0.1, -0.05) is 94.2 Å². The minimum absolute atomic E-state index is 0.0138. The van der Waals surface area contributed by atoms with Crippen LogP contribution in [0.4, 0.5) is 0 Å². The molecule has 0 N–H and O–H groups in total. The largest absolute Gasteiger partial charge is 0.465 e. The molecule has 0 saturated heterocycles. The third-order valence-electron chi connectivity index (χ3n) is 10.4. The molecular formula is C43H58O6. The van der Waals surface area contributed by atoms with Crippen molar-refractivity contribution in [3.8, 4) is 17.2 Å². The summed E-state index contributed by atoms with van der Waals surface area (Å²) < 4.78 is 37.2. The van der Waals surface area contributed by atoms with Gasteiger partial charge in [0.05, 0.1) is 18.3 Å². The lowest BCUT2D eigenvalue weighted by Crippen LogP contribution is -2.26. The molecule has 3 unspecified atom stereocenters. The summed E-state index contributed by atoms with van der Waals surface area (Å²) in [5.74, 6) is 2.46. The lowest BCUT2D eigenvalue weighted by molar-refractivity contribution is -0.117. The van der Waals surface area contributed by atoms with Crippen LogP contribution in [0, 0.1) is 0 Å². The first-order valence-electron chi connectivity index (χ1n) is 19.2. The first-order valence-corrected chi connectivity index (χ1v) is 19.2. The Balaban J connectivity index is 1.14. The van der Waals surface area contributed by atoms with Crippen LogP contribution in [-0.2, 0) is 14.2 Å². The van der Waals surface area contributed by atoms with Crippen molar-refractivity contribution in [2.45, 2.75) is 160 Å². The molecule has 0 radical (unpaired) electrons. The molecule has 0 bridgehead atoms. The minimum atomic E-state index is -0.279. The number of benzene rings is 3. The van der Waals surface area contributed by atoms with Crippen LogP contribution in [0.25, 0.3) is 0 Å². The monoisotopic (exact) mass is 670 g/mol. The highest BCUT2D eigenvalue weighted by atomic mass is 16.7. The molecule has 3 atom stereocenters. The molecule has 3 aliphatic rings. The Kier molecular flexibility index (Phi) is 13.3. The van der Waals surface area contributed by atoms with Crippen molar-refractivity contribution in [2.24, 2.45) is 0 Å². The molecule has 266 valence electrons. The van der Waals surface area contributed by atoms with Gasteiger partial charge in [0.25, 0.3) is 0 Å². The van der Waals surface area contributed by atoms with Gasteiger partial charge >= 0.3 is 0 Å². The molecule has 49 heavy (non-hydrogen) atoms. The summed E-state index contributed by atoms with van der Waals surface area (Å²) in [6.07, 6.45) is 18.2. The Morgan fingerprint density at radius 1 is 0.367 bits per heavy atom. The van der Waals surface area contributed by atoms with Crippen LogP contribution in [0.2, 0.25) is 0 Å².